The fourth-order valence-corrected chi connectivity index (χ4v) is 1.46. The Bertz CT molecular complexity index is 424. The standard InChI is InChI=1S/C11H12O/c1-7-4-5-11-10(6-7)8(2)9(3)12-11/h4-6H,1-3H3. The molecule has 0 amide bonds. The predicted molar refractivity (Wildman–Crippen MR) is 50.4 cm³/mol. The van der Waals surface area contributed by atoms with Crippen LogP contribution in [0.2, 0.25) is 0 Å². The van der Waals surface area contributed by atoms with E-state index in [2.05, 4.69) is 26.0 Å². The summed E-state index contributed by atoms with van der Waals surface area (Å²) in [5, 5.41) is 1.24. The Balaban J connectivity index is 2.88. The second-order valence-corrected chi connectivity index (χ2v) is 3.28. The molecule has 1 heteroatoms. The SMILES string of the molecule is Cc1ccc2oc(C)c(C)c2c1. The maximum Gasteiger partial charge on any atom is 0.134 e. The number of hydrogen-bond acceptors (Lipinski definition) is 1. The number of aryl methyl sites for hydroxylation is 3. The van der Waals surface area contributed by atoms with Crippen molar-refractivity contribution in [2.45, 2.75) is 20.8 Å². The third-order valence-electron chi connectivity index (χ3n) is 2.33. The van der Waals surface area contributed by atoms with Crippen LogP contribution in [0.3, 0.4) is 0 Å². The van der Waals surface area contributed by atoms with E-state index in [1.165, 1.54) is 16.5 Å². The van der Waals surface area contributed by atoms with Crippen molar-refractivity contribution in [1.82, 2.24) is 0 Å². The summed E-state index contributed by atoms with van der Waals surface area (Å²) in [4.78, 5) is 0. The summed E-state index contributed by atoms with van der Waals surface area (Å²) in [7, 11) is 0. The molecule has 1 heterocycles. The maximum atomic E-state index is 5.55. The molecule has 0 atom stereocenters. The van der Waals surface area contributed by atoms with E-state index in [9.17, 15) is 0 Å². The van der Waals surface area contributed by atoms with Crippen LogP contribution in [0, 0.1) is 20.8 Å². The Hall–Kier alpha value is -1.24. The molecule has 1 aromatic heterocycles. The lowest BCUT2D eigenvalue weighted by atomic mass is 10.1. The van der Waals surface area contributed by atoms with Crippen LogP contribution in [0.5, 0.6) is 0 Å². The van der Waals surface area contributed by atoms with E-state index in [1.807, 2.05) is 13.0 Å². The van der Waals surface area contributed by atoms with Gasteiger partial charge in [0.15, 0.2) is 0 Å². The van der Waals surface area contributed by atoms with Gasteiger partial charge < -0.3 is 4.42 Å². The normalized spacial score (nSPS) is 10.9. The molecule has 0 saturated carbocycles. The second-order valence-electron chi connectivity index (χ2n) is 3.28. The van der Waals surface area contributed by atoms with E-state index in [1.54, 1.807) is 0 Å². The van der Waals surface area contributed by atoms with Gasteiger partial charge in [-0.2, -0.15) is 0 Å². The van der Waals surface area contributed by atoms with E-state index in [4.69, 9.17) is 4.42 Å². The summed E-state index contributed by atoms with van der Waals surface area (Å²) in [6.45, 7) is 6.20. The molecule has 1 aromatic carbocycles. The van der Waals surface area contributed by atoms with Gasteiger partial charge in [-0.15, -0.1) is 0 Å². The van der Waals surface area contributed by atoms with Crippen molar-refractivity contribution in [1.29, 1.82) is 0 Å². The van der Waals surface area contributed by atoms with Crippen molar-refractivity contribution in [3.63, 3.8) is 0 Å². The zero-order valence-electron chi connectivity index (χ0n) is 7.64. The summed E-state index contributed by atoms with van der Waals surface area (Å²) < 4.78 is 5.55. The maximum absolute atomic E-state index is 5.55. The monoisotopic (exact) mass is 160 g/mol. The smallest absolute Gasteiger partial charge is 0.134 e. The third-order valence-corrected chi connectivity index (χ3v) is 2.33. The van der Waals surface area contributed by atoms with Gasteiger partial charge in [-0.25, -0.2) is 0 Å². The van der Waals surface area contributed by atoms with Crippen LogP contribution in [0.4, 0.5) is 0 Å². The van der Waals surface area contributed by atoms with Gasteiger partial charge in [0.05, 0.1) is 0 Å². The van der Waals surface area contributed by atoms with Crippen molar-refractivity contribution < 1.29 is 4.42 Å². The van der Waals surface area contributed by atoms with Crippen LogP contribution in [0.15, 0.2) is 22.6 Å². The molecule has 0 radical (unpaired) electrons. The van der Waals surface area contributed by atoms with E-state index < -0.39 is 0 Å². The quantitative estimate of drug-likeness (QED) is 0.576. The Kier molecular flexibility index (Phi) is 1.47. The topological polar surface area (TPSA) is 13.1 Å². The van der Waals surface area contributed by atoms with E-state index in [-0.39, 0.29) is 0 Å². The average Bonchev–Trinajstić information content (AvgIpc) is 2.31. The highest BCUT2D eigenvalue weighted by molar-refractivity contribution is 5.82. The minimum atomic E-state index is 0.996. The minimum absolute atomic E-state index is 0.996. The summed E-state index contributed by atoms with van der Waals surface area (Å²) >= 11 is 0. The van der Waals surface area contributed by atoms with Crippen LogP contribution >= 0.6 is 0 Å². The molecule has 62 valence electrons. The Morgan fingerprint density at radius 2 is 1.83 bits per heavy atom. The highest BCUT2D eigenvalue weighted by Gasteiger charge is 2.05. The van der Waals surface area contributed by atoms with Gasteiger partial charge in [0.25, 0.3) is 0 Å². The van der Waals surface area contributed by atoms with E-state index >= 15 is 0 Å². The highest BCUT2D eigenvalue weighted by Crippen LogP contribution is 2.24. The van der Waals surface area contributed by atoms with Gasteiger partial charge in [0.2, 0.25) is 0 Å². The van der Waals surface area contributed by atoms with Crippen LogP contribution < -0.4 is 0 Å². The lowest BCUT2D eigenvalue weighted by Crippen LogP contribution is -1.72. The molecule has 12 heavy (non-hydrogen) atoms. The fourth-order valence-electron chi connectivity index (χ4n) is 1.46. The van der Waals surface area contributed by atoms with Gasteiger partial charge in [0, 0.05) is 5.39 Å². The van der Waals surface area contributed by atoms with Gasteiger partial charge in [-0.1, -0.05) is 11.6 Å². The Labute approximate surface area is 72.0 Å². The molecule has 0 saturated heterocycles. The van der Waals surface area contributed by atoms with E-state index in [0.29, 0.717) is 0 Å². The fraction of sp³-hybridized carbons (Fsp3) is 0.273. The van der Waals surface area contributed by atoms with Crippen molar-refractivity contribution >= 4 is 11.0 Å². The minimum Gasteiger partial charge on any atom is -0.461 e. The van der Waals surface area contributed by atoms with Gasteiger partial charge in [0.1, 0.15) is 11.3 Å². The summed E-state index contributed by atoms with van der Waals surface area (Å²) in [5.74, 6) is 1.02. The summed E-state index contributed by atoms with van der Waals surface area (Å²) in [6.07, 6.45) is 0. The molecule has 0 fully saturated rings. The largest absolute Gasteiger partial charge is 0.461 e. The number of furan rings is 1. The molecule has 1 nitrogen and oxygen atoms in total. The van der Waals surface area contributed by atoms with Crippen molar-refractivity contribution in [3.8, 4) is 0 Å². The van der Waals surface area contributed by atoms with Crippen LogP contribution in [-0.2, 0) is 0 Å². The van der Waals surface area contributed by atoms with Crippen LogP contribution in [0.25, 0.3) is 11.0 Å². The first kappa shape index (κ1) is 7.41. The van der Waals surface area contributed by atoms with Gasteiger partial charge in [-0.3, -0.25) is 0 Å². The zero-order chi connectivity index (χ0) is 8.72. The summed E-state index contributed by atoms with van der Waals surface area (Å²) in [5.41, 5.74) is 3.54. The summed E-state index contributed by atoms with van der Waals surface area (Å²) in [6, 6.07) is 6.27. The first-order valence-electron chi connectivity index (χ1n) is 4.15. The molecule has 0 aliphatic carbocycles. The Morgan fingerprint density at radius 1 is 1.08 bits per heavy atom. The molecule has 0 spiro atoms. The molecular formula is C11H12O. The lowest BCUT2D eigenvalue weighted by molar-refractivity contribution is 0.575. The van der Waals surface area contributed by atoms with Crippen molar-refractivity contribution in [3.05, 3.63) is 35.1 Å². The predicted octanol–water partition coefficient (Wildman–Crippen LogP) is 3.36. The molecule has 0 unspecified atom stereocenters. The number of hydrogen-bond donors (Lipinski definition) is 0. The number of fused-ring (bicyclic) bond motifs is 1. The number of rotatable bonds is 0. The molecule has 2 aromatic rings. The van der Waals surface area contributed by atoms with Crippen molar-refractivity contribution in [2.75, 3.05) is 0 Å². The van der Waals surface area contributed by atoms with Crippen LogP contribution in [0.1, 0.15) is 16.9 Å². The van der Waals surface area contributed by atoms with Gasteiger partial charge in [-0.05, 0) is 38.5 Å². The molecular weight excluding hydrogens is 148 g/mol. The molecule has 0 aliphatic rings. The molecule has 0 N–H and O–H groups in total. The highest BCUT2D eigenvalue weighted by atomic mass is 16.3. The second kappa shape index (κ2) is 2.37. The molecule has 0 aliphatic heterocycles. The van der Waals surface area contributed by atoms with Crippen molar-refractivity contribution in [2.24, 2.45) is 0 Å². The van der Waals surface area contributed by atoms with Crippen LogP contribution in [-0.4, -0.2) is 0 Å². The molecule has 0 bridgehead atoms. The van der Waals surface area contributed by atoms with E-state index in [0.717, 1.165) is 11.3 Å². The zero-order valence-corrected chi connectivity index (χ0v) is 7.64. The first-order valence-corrected chi connectivity index (χ1v) is 4.15. The van der Waals surface area contributed by atoms with Gasteiger partial charge >= 0.3 is 0 Å². The average molecular weight is 160 g/mol. The Morgan fingerprint density at radius 3 is 2.58 bits per heavy atom. The third kappa shape index (κ3) is 0.934. The lowest BCUT2D eigenvalue weighted by Gasteiger charge is -1.91. The molecule has 2 rings (SSSR count). The first-order chi connectivity index (χ1) is 5.68. The number of benzene rings is 1.